The number of amides is 1. The first-order valence-electron chi connectivity index (χ1n) is 10.1. The van der Waals surface area contributed by atoms with Crippen LogP contribution in [0.5, 0.6) is 0 Å². The molecule has 0 aromatic heterocycles. The molecule has 1 aliphatic heterocycles. The van der Waals surface area contributed by atoms with E-state index >= 15 is 0 Å². The lowest BCUT2D eigenvalue weighted by molar-refractivity contribution is -0.127. The molecule has 154 valence electrons. The van der Waals surface area contributed by atoms with Crippen LogP contribution in [0, 0.1) is 0 Å². The molecule has 1 aliphatic carbocycles. The van der Waals surface area contributed by atoms with Gasteiger partial charge in [-0.3, -0.25) is 9.79 Å². The number of guanidine groups is 1. The summed E-state index contributed by atoms with van der Waals surface area (Å²) in [5.74, 6) is 0.917. The van der Waals surface area contributed by atoms with Gasteiger partial charge in [-0.05, 0) is 43.9 Å². The quantitative estimate of drug-likeness (QED) is 0.369. The first-order chi connectivity index (χ1) is 13.5. The van der Waals surface area contributed by atoms with Crippen LogP contribution in [0.15, 0.2) is 23.2 Å². The SMILES string of the molecule is N[C@H]1CCCC[C@@H]1NC(=NCCCN1CCCC1=O)Nc1ccc(Cl)cc1Cl. The van der Waals surface area contributed by atoms with E-state index in [9.17, 15) is 4.79 Å². The number of halogens is 2. The van der Waals surface area contributed by atoms with E-state index in [1.165, 1.54) is 6.42 Å². The van der Waals surface area contributed by atoms with Gasteiger partial charge in [-0.15, -0.1) is 0 Å². The number of nitrogens with zero attached hydrogens (tertiary/aromatic N) is 2. The van der Waals surface area contributed by atoms with Gasteiger partial charge in [-0.1, -0.05) is 36.0 Å². The second-order valence-corrected chi connectivity index (χ2v) is 8.36. The first-order valence-corrected chi connectivity index (χ1v) is 10.8. The van der Waals surface area contributed by atoms with E-state index in [2.05, 4.69) is 10.6 Å². The Morgan fingerprint density at radius 3 is 2.79 bits per heavy atom. The summed E-state index contributed by atoms with van der Waals surface area (Å²) in [6.07, 6.45) is 6.84. The average Bonchev–Trinajstić information content (AvgIpc) is 3.07. The van der Waals surface area contributed by atoms with Crippen LogP contribution in [-0.4, -0.2) is 48.5 Å². The summed E-state index contributed by atoms with van der Waals surface area (Å²) in [6.45, 7) is 2.23. The van der Waals surface area contributed by atoms with E-state index in [-0.39, 0.29) is 18.0 Å². The molecule has 0 bridgehead atoms. The molecule has 0 spiro atoms. The Kier molecular flexibility index (Phi) is 7.82. The fourth-order valence-electron chi connectivity index (χ4n) is 3.75. The lowest BCUT2D eigenvalue weighted by Gasteiger charge is -2.30. The van der Waals surface area contributed by atoms with Crippen LogP contribution in [0.2, 0.25) is 10.0 Å². The number of rotatable bonds is 6. The van der Waals surface area contributed by atoms with Crippen molar-refractivity contribution >= 4 is 40.8 Å². The second kappa shape index (κ2) is 10.3. The molecule has 6 nitrogen and oxygen atoms in total. The summed E-state index contributed by atoms with van der Waals surface area (Å²) in [7, 11) is 0. The third-order valence-corrected chi connectivity index (χ3v) is 5.90. The van der Waals surface area contributed by atoms with Crippen molar-refractivity contribution in [1.82, 2.24) is 10.2 Å². The number of nitrogens with one attached hydrogen (secondary N) is 2. The highest BCUT2D eigenvalue weighted by Crippen LogP contribution is 2.25. The molecule has 8 heteroatoms. The summed E-state index contributed by atoms with van der Waals surface area (Å²) >= 11 is 12.3. The van der Waals surface area contributed by atoms with Crippen LogP contribution in [-0.2, 0) is 4.79 Å². The van der Waals surface area contributed by atoms with Crippen molar-refractivity contribution < 1.29 is 4.79 Å². The highest BCUT2D eigenvalue weighted by atomic mass is 35.5. The van der Waals surface area contributed by atoms with Crippen LogP contribution >= 0.6 is 23.2 Å². The molecule has 1 saturated heterocycles. The number of aliphatic imine (C=N–C) groups is 1. The summed E-state index contributed by atoms with van der Waals surface area (Å²) in [4.78, 5) is 18.4. The molecule has 0 radical (unpaired) electrons. The van der Waals surface area contributed by atoms with Gasteiger partial charge in [0.05, 0.1) is 10.7 Å². The summed E-state index contributed by atoms with van der Waals surface area (Å²) < 4.78 is 0. The first kappa shape index (κ1) is 21.2. The minimum atomic E-state index is 0.115. The summed E-state index contributed by atoms with van der Waals surface area (Å²) in [6, 6.07) is 5.63. The van der Waals surface area contributed by atoms with Gasteiger partial charge in [0.15, 0.2) is 5.96 Å². The fourth-order valence-corrected chi connectivity index (χ4v) is 4.20. The number of nitrogens with two attached hydrogens (primary N) is 1. The van der Waals surface area contributed by atoms with Crippen molar-refractivity contribution in [2.75, 3.05) is 25.0 Å². The Balaban J connectivity index is 1.63. The number of carbonyl (C=O) groups excluding carboxylic acids is 1. The van der Waals surface area contributed by atoms with E-state index in [0.717, 1.165) is 50.9 Å². The van der Waals surface area contributed by atoms with Crippen LogP contribution < -0.4 is 16.4 Å². The number of hydrogen-bond donors (Lipinski definition) is 3. The minimum Gasteiger partial charge on any atom is -0.352 e. The van der Waals surface area contributed by atoms with Crippen molar-refractivity contribution in [3.8, 4) is 0 Å². The Labute approximate surface area is 176 Å². The normalized spacial score (nSPS) is 23.2. The zero-order chi connectivity index (χ0) is 19.9. The number of likely N-dealkylation sites (tertiary alicyclic amines) is 1. The number of anilines is 1. The van der Waals surface area contributed by atoms with Crippen LogP contribution in [0.4, 0.5) is 5.69 Å². The minimum absolute atomic E-state index is 0.115. The maximum absolute atomic E-state index is 11.7. The average molecular weight is 426 g/mol. The standard InChI is InChI=1S/C20H29Cl2N5O/c21-14-8-9-17(15(22)13-14)25-20(26-18-6-2-1-5-16(18)23)24-10-4-12-27-11-3-7-19(27)28/h8-9,13,16,18H,1-7,10-12,23H2,(H2,24,25,26)/t16-,18-/m0/s1. The molecule has 2 aliphatic rings. The molecule has 1 aromatic rings. The smallest absolute Gasteiger partial charge is 0.222 e. The van der Waals surface area contributed by atoms with Crippen molar-refractivity contribution in [1.29, 1.82) is 0 Å². The van der Waals surface area contributed by atoms with Gasteiger partial charge >= 0.3 is 0 Å². The molecular weight excluding hydrogens is 397 g/mol. The van der Waals surface area contributed by atoms with E-state index in [4.69, 9.17) is 33.9 Å². The van der Waals surface area contributed by atoms with Crippen molar-refractivity contribution in [3.05, 3.63) is 28.2 Å². The Hall–Kier alpha value is -1.50. The molecule has 2 fully saturated rings. The monoisotopic (exact) mass is 425 g/mol. The largest absolute Gasteiger partial charge is 0.352 e. The topological polar surface area (TPSA) is 82.8 Å². The van der Waals surface area contributed by atoms with E-state index < -0.39 is 0 Å². The molecule has 3 rings (SSSR count). The molecule has 1 amide bonds. The van der Waals surface area contributed by atoms with Crippen LogP contribution in [0.1, 0.15) is 44.9 Å². The van der Waals surface area contributed by atoms with Gasteiger partial charge in [0.2, 0.25) is 5.91 Å². The Morgan fingerprint density at radius 1 is 1.25 bits per heavy atom. The second-order valence-electron chi connectivity index (χ2n) is 7.52. The predicted molar refractivity (Wildman–Crippen MR) is 116 cm³/mol. The highest BCUT2D eigenvalue weighted by molar-refractivity contribution is 6.36. The van der Waals surface area contributed by atoms with Gasteiger partial charge in [0.1, 0.15) is 0 Å². The zero-order valence-electron chi connectivity index (χ0n) is 16.1. The molecule has 1 heterocycles. The van der Waals surface area contributed by atoms with Gasteiger partial charge in [0, 0.05) is 43.2 Å². The molecule has 2 atom stereocenters. The Morgan fingerprint density at radius 2 is 2.07 bits per heavy atom. The summed E-state index contributed by atoms with van der Waals surface area (Å²) in [5, 5.41) is 7.90. The molecule has 4 N–H and O–H groups in total. The highest BCUT2D eigenvalue weighted by Gasteiger charge is 2.23. The van der Waals surface area contributed by atoms with Gasteiger partial charge < -0.3 is 21.3 Å². The zero-order valence-corrected chi connectivity index (χ0v) is 17.6. The van der Waals surface area contributed by atoms with Gasteiger partial charge in [-0.2, -0.15) is 0 Å². The number of benzene rings is 1. The molecule has 1 aromatic carbocycles. The molecule has 0 unspecified atom stereocenters. The van der Waals surface area contributed by atoms with Crippen molar-refractivity contribution in [2.45, 2.75) is 57.0 Å². The summed E-state index contributed by atoms with van der Waals surface area (Å²) in [5.41, 5.74) is 7.04. The van der Waals surface area contributed by atoms with E-state index in [1.54, 1.807) is 12.1 Å². The van der Waals surface area contributed by atoms with E-state index in [1.807, 2.05) is 11.0 Å². The molecular formula is C20H29Cl2N5O. The molecule has 28 heavy (non-hydrogen) atoms. The maximum atomic E-state index is 11.7. The van der Waals surface area contributed by atoms with E-state index in [0.29, 0.717) is 29.0 Å². The lowest BCUT2D eigenvalue weighted by atomic mass is 9.91. The third-order valence-electron chi connectivity index (χ3n) is 5.35. The Bertz CT molecular complexity index is 712. The van der Waals surface area contributed by atoms with Crippen LogP contribution in [0.25, 0.3) is 0 Å². The van der Waals surface area contributed by atoms with Gasteiger partial charge in [-0.25, -0.2) is 0 Å². The molecule has 1 saturated carbocycles. The van der Waals surface area contributed by atoms with Crippen molar-refractivity contribution in [3.63, 3.8) is 0 Å². The predicted octanol–water partition coefficient (Wildman–Crippen LogP) is 3.63. The fraction of sp³-hybridized carbons (Fsp3) is 0.600. The van der Waals surface area contributed by atoms with Crippen LogP contribution in [0.3, 0.4) is 0 Å². The third kappa shape index (κ3) is 6.00. The van der Waals surface area contributed by atoms with Gasteiger partial charge in [0.25, 0.3) is 0 Å². The maximum Gasteiger partial charge on any atom is 0.222 e. The van der Waals surface area contributed by atoms with Crippen molar-refractivity contribution in [2.24, 2.45) is 10.7 Å². The number of carbonyl (C=O) groups is 1. The lowest BCUT2D eigenvalue weighted by Crippen LogP contribution is -2.51. The number of hydrogen-bond acceptors (Lipinski definition) is 3.